The summed E-state index contributed by atoms with van der Waals surface area (Å²) in [7, 11) is 0. The molecule has 2 rings (SSSR count). The van der Waals surface area contributed by atoms with Gasteiger partial charge in [0.2, 0.25) is 5.69 Å². The summed E-state index contributed by atoms with van der Waals surface area (Å²) < 4.78 is 5.25. The highest BCUT2D eigenvalue weighted by Crippen LogP contribution is 2.26. The molecule has 19 heavy (non-hydrogen) atoms. The Labute approximate surface area is 120 Å². The first kappa shape index (κ1) is 13.8. The van der Waals surface area contributed by atoms with Gasteiger partial charge in [0, 0.05) is 4.47 Å². The number of benzene rings is 1. The summed E-state index contributed by atoms with van der Waals surface area (Å²) in [6, 6.07) is 2.76. The van der Waals surface area contributed by atoms with Crippen molar-refractivity contribution in [1.29, 1.82) is 0 Å². The minimum atomic E-state index is -1.07. The summed E-state index contributed by atoms with van der Waals surface area (Å²) in [5.41, 5.74) is -1.44. The van der Waals surface area contributed by atoms with Crippen LogP contribution < -0.4 is 5.56 Å². The number of carbonyl (C=O) groups excluding carboxylic acids is 1. The summed E-state index contributed by atoms with van der Waals surface area (Å²) in [6.45, 7) is 1.67. The van der Waals surface area contributed by atoms with Gasteiger partial charge < -0.3 is 14.7 Å². The molecule has 0 fully saturated rings. The van der Waals surface area contributed by atoms with E-state index >= 15 is 0 Å². The fraction of sp³-hybridized carbons (Fsp3) is 0.182. The number of halogens is 2. The second-order valence-corrected chi connectivity index (χ2v) is 4.80. The average Bonchev–Trinajstić information content (AvgIpc) is 2.36. The zero-order valence-electron chi connectivity index (χ0n) is 9.65. The Morgan fingerprint density at radius 1 is 1.58 bits per heavy atom. The molecule has 0 aliphatic heterocycles. The largest absolute Gasteiger partial charge is 0.803 e. The molecule has 6 nitrogen and oxygen atoms in total. The fourth-order valence-corrected chi connectivity index (χ4v) is 1.97. The van der Waals surface area contributed by atoms with Crippen molar-refractivity contribution in [3.8, 4) is 0 Å². The highest BCUT2D eigenvalue weighted by atomic mass is 79.9. The molecule has 0 aliphatic rings. The Bertz CT molecular complexity index is 729. The lowest BCUT2D eigenvalue weighted by atomic mass is 10.3. The quantitative estimate of drug-likeness (QED) is 0.779. The first-order chi connectivity index (χ1) is 8.95. The number of hydrogen-bond donors (Lipinski definition) is 0. The van der Waals surface area contributed by atoms with Crippen LogP contribution in [-0.2, 0) is 4.74 Å². The molecule has 0 N–H and O–H groups in total. The van der Waals surface area contributed by atoms with Gasteiger partial charge in [0.25, 0.3) is 5.56 Å². The van der Waals surface area contributed by atoms with E-state index in [9.17, 15) is 14.8 Å². The third-order valence-corrected chi connectivity index (χ3v) is 3.52. The maximum absolute atomic E-state index is 11.8. The first-order valence-electron chi connectivity index (χ1n) is 5.22. The van der Waals surface area contributed by atoms with E-state index in [4.69, 9.17) is 11.6 Å². The van der Waals surface area contributed by atoms with E-state index < -0.39 is 17.2 Å². The van der Waals surface area contributed by atoms with E-state index in [1.807, 2.05) is 0 Å². The second-order valence-electron chi connectivity index (χ2n) is 3.54. The number of rotatable bonds is 2. The van der Waals surface area contributed by atoms with Crippen LogP contribution in [0.5, 0.6) is 0 Å². The summed E-state index contributed by atoms with van der Waals surface area (Å²) in [5.74, 6) is -0.926. The molecular weight excluding hydrogens is 339 g/mol. The molecule has 0 saturated heterocycles. The van der Waals surface area contributed by atoms with E-state index in [1.165, 1.54) is 12.1 Å². The second kappa shape index (κ2) is 5.18. The van der Waals surface area contributed by atoms with Crippen LogP contribution in [0.1, 0.15) is 17.4 Å². The zero-order chi connectivity index (χ0) is 14.2. The van der Waals surface area contributed by atoms with Crippen molar-refractivity contribution in [2.75, 3.05) is 6.61 Å². The Morgan fingerprint density at radius 2 is 2.26 bits per heavy atom. The van der Waals surface area contributed by atoms with E-state index in [1.54, 1.807) is 6.92 Å². The number of carbonyl (C=O) groups is 1. The van der Waals surface area contributed by atoms with Crippen molar-refractivity contribution >= 4 is 44.5 Å². The Morgan fingerprint density at radius 3 is 2.89 bits per heavy atom. The fourth-order valence-electron chi connectivity index (χ4n) is 1.48. The number of aromatic nitrogens is 2. The summed E-state index contributed by atoms with van der Waals surface area (Å²) in [4.78, 5) is 27.1. The lowest BCUT2D eigenvalue weighted by molar-refractivity contribution is 0.0517. The van der Waals surface area contributed by atoms with Crippen molar-refractivity contribution in [1.82, 2.24) is 9.71 Å². The molecule has 0 bridgehead atoms. The molecular formula is C11H7BrClN2O4-. The summed E-state index contributed by atoms with van der Waals surface area (Å²) >= 11 is 9.02. The van der Waals surface area contributed by atoms with Gasteiger partial charge in [-0.25, -0.2) is 9.78 Å². The molecule has 0 spiro atoms. The van der Waals surface area contributed by atoms with Crippen molar-refractivity contribution in [3.05, 3.63) is 42.9 Å². The molecule has 1 aromatic heterocycles. The smallest absolute Gasteiger partial charge is 0.362 e. The predicted octanol–water partition coefficient (Wildman–Crippen LogP) is 2.33. The molecule has 0 radical (unpaired) electrons. The van der Waals surface area contributed by atoms with Crippen molar-refractivity contribution in [2.45, 2.75) is 6.92 Å². The Balaban J connectivity index is 2.76. The van der Waals surface area contributed by atoms with Crippen molar-refractivity contribution in [2.24, 2.45) is 0 Å². The Kier molecular flexibility index (Phi) is 3.77. The molecule has 0 amide bonds. The number of nitrogens with zero attached hydrogens (tertiary/aromatic N) is 2. The van der Waals surface area contributed by atoms with E-state index in [0.717, 1.165) is 0 Å². The number of ether oxygens (including phenoxy) is 1. The molecule has 0 aliphatic carbocycles. The van der Waals surface area contributed by atoms with Gasteiger partial charge in [0.05, 0.1) is 22.7 Å². The third-order valence-electron chi connectivity index (χ3n) is 2.32. The van der Waals surface area contributed by atoms with Crippen LogP contribution in [0.4, 0.5) is 0 Å². The van der Waals surface area contributed by atoms with Crippen LogP contribution in [0, 0.1) is 5.21 Å². The number of esters is 1. The van der Waals surface area contributed by atoms with Gasteiger partial charge in [-0.2, -0.15) is 0 Å². The topological polar surface area (TPSA) is 84.2 Å². The van der Waals surface area contributed by atoms with Gasteiger partial charge in [0.15, 0.2) is 0 Å². The molecule has 100 valence electrons. The SMILES string of the molecule is CCOC(=O)c1nc2cc(Br)c(Cl)cc2n([O-])c1=O. The van der Waals surface area contributed by atoms with Crippen LogP contribution in [0.2, 0.25) is 5.02 Å². The van der Waals surface area contributed by atoms with Crippen LogP contribution in [-0.4, -0.2) is 22.3 Å². The van der Waals surface area contributed by atoms with Crippen molar-refractivity contribution in [3.63, 3.8) is 0 Å². The van der Waals surface area contributed by atoms with E-state index in [0.29, 0.717) is 4.47 Å². The van der Waals surface area contributed by atoms with Crippen LogP contribution >= 0.6 is 27.5 Å². The van der Waals surface area contributed by atoms with Gasteiger partial charge in [-0.05, 0) is 35.0 Å². The van der Waals surface area contributed by atoms with Crippen LogP contribution in [0.3, 0.4) is 0 Å². The molecule has 0 atom stereocenters. The maximum atomic E-state index is 11.8. The zero-order valence-corrected chi connectivity index (χ0v) is 12.0. The standard InChI is InChI=1S/C11H7BrClN2O4/c1-2-19-11(17)9-10(16)15(18)8-4-6(13)5(12)3-7(8)14-9/h3-4H,2H2,1H3/q-1. The van der Waals surface area contributed by atoms with Gasteiger partial charge >= 0.3 is 5.97 Å². The lowest BCUT2D eigenvalue weighted by Crippen LogP contribution is -2.27. The molecule has 1 aromatic carbocycles. The predicted molar refractivity (Wildman–Crippen MR) is 73.4 cm³/mol. The van der Waals surface area contributed by atoms with Gasteiger partial charge in [0.1, 0.15) is 0 Å². The monoisotopic (exact) mass is 345 g/mol. The maximum Gasteiger partial charge on any atom is 0.362 e. The summed E-state index contributed by atoms with van der Waals surface area (Å²) in [6.07, 6.45) is 0. The molecule has 0 saturated carbocycles. The number of fused-ring (bicyclic) bond motifs is 1. The number of hydrogen-bond acceptors (Lipinski definition) is 5. The lowest BCUT2D eigenvalue weighted by Gasteiger charge is -2.15. The van der Waals surface area contributed by atoms with Crippen LogP contribution in [0.15, 0.2) is 21.4 Å². The molecule has 2 aromatic rings. The third kappa shape index (κ3) is 2.43. The highest BCUT2D eigenvalue weighted by molar-refractivity contribution is 9.10. The van der Waals surface area contributed by atoms with E-state index in [-0.39, 0.29) is 27.4 Å². The molecule has 1 heterocycles. The van der Waals surface area contributed by atoms with Gasteiger partial charge in [-0.3, -0.25) is 4.79 Å². The van der Waals surface area contributed by atoms with E-state index in [2.05, 4.69) is 25.7 Å². The normalized spacial score (nSPS) is 10.7. The Hall–Kier alpha value is -1.60. The first-order valence-corrected chi connectivity index (χ1v) is 6.39. The minimum absolute atomic E-state index is 0.00810. The average molecular weight is 347 g/mol. The molecule has 0 unspecified atom stereocenters. The van der Waals surface area contributed by atoms with Crippen LogP contribution in [0.25, 0.3) is 11.0 Å². The molecule has 8 heteroatoms. The van der Waals surface area contributed by atoms with Crippen molar-refractivity contribution < 1.29 is 9.53 Å². The van der Waals surface area contributed by atoms with Gasteiger partial charge in [-0.15, -0.1) is 0 Å². The highest BCUT2D eigenvalue weighted by Gasteiger charge is 2.16. The minimum Gasteiger partial charge on any atom is -0.803 e. The van der Waals surface area contributed by atoms with Gasteiger partial charge in [-0.1, -0.05) is 11.6 Å². The summed E-state index contributed by atoms with van der Waals surface area (Å²) in [5, 5.41) is 12.1.